The molecule has 1 spiro atoms. The number of nitrogens with one attached hydrogen (secondary N) is 1. The first kappa shape index (κ1) is 26.6. The van der Waals surface area contributed by atoms with E-state index in [0.29, 0.717) is 49.1 Å². The molecular formula is C36H35N3O4. The van der Waals surface area contributed by atoms with Gasteiger partial charge in [0.1, 0.15) is 5.75 Å². The van der Waals surface area contributed by atoms with Crippen LogP contribution in [0.5, 0.6) is 5.75 Å². The van der Waals surface area contributed by atoms with Crippen LogP contribution in [0.25, 0.3) is 11.1 Å². The number of rotatable bonds is 7. The van der Waals surface area contributed by atoms with Crippen LogP contribution >= 0.6 is 0 Å². The summed E-state index contributed by atoms with van der Waals surface area (Å²) in [6, 6.07) is 21.8. The van der Waals surface area contributed by atoms with E-state index < -0.39 is 17.1 Å². The van der Waals surface area contributed by atoms with Crippen molar-refractivity contribution in [3.63, 3.8) is 0 Å². The lowest BCUT2D eigenvalue weighted by Gasteiger charge is -2.62. The summed E-state index contributed by atoms with van der Waals surface area (Å²) >= 11 is 0. The van der Waals surface area contributed by atoms with E-state index in [4.69, 9.17) is 10.00 Å². The summed E-state index contributed by atoms with van der Waals surface area (Å²) in [6.45, 7) is 2.32. The summed E-state index contributed by atoms with van der Waals surface area (Å²) < 4.78 is 6.46. The van der Waals surface area contributed by atoms with Gasteiger partial charge in [0.15, 0.2) is 11.9 Å². The zero-order chi connectivity index (χ0) is 29.3. The lowest BCUT2D eigenvalue weighted by atomic mass is 9.49. The second kappa shape index (κ2) is 9.77. The molecule has 7 heteroatoms. The maximum Gasteiger partial charge on any atom is 0.255 e. The van der Waals surface area contributed by atoms with Gasteiger partial charge in [0, 0.05) is 31.1 Å². The summed E-state index contributed by atoms with van der Waals surface area (Å²) in [7, 11) is 0. The van der Waals surface area contributed by atoms with Crippen molar-refractivity contribution < 1.29 is 19.4 Å². The van der Waals surface area contributed by atoms with Crippen LogP contribution in [0.1, 0.15) is 64.7 Å². The minimum Gasteiger partial charge on any atom is -0.480 e. The van der Waals surface area contributed by atoms with E-state index in [1.54, 1.807) is 0 Å². The van der Waals surface area contributed by atoms with Crippen molar-refractivity contribution >= 4 is 11.7 Å². The Morgan fingerprint density at radius 1 is 1.05 bits per heavy atom. The van der Waals surface area contributed by atoms with Crippen molar-refractivity contribution in [1.29, 1.82) is 5.26 Å². The van der Waals surface area contributed by atoms with Crippen LogP contribution in [0.15, 0.2) is 60.7 Å². The molecule has 0 aromatic heterocycles. The van der Waals surface area contributed by atoms with Crippen molar-refractivity contribution in [2.24, 2.45) is 5.92 Å². The Kier molecular flexibility index (Phi) is 6.05. The maximum absolute atomic E-state index is 13.5. The third kappa shape index (κ3) is 4.00. The summed E-state index contributed by atoms with van der Waals surface area (Å²) in [6.07, 6.45) is 4.63. The van der Waals surface area contributed by atoms with Gasteiger partial charge in [-0.05, 0) is 91.4 Å². The summed E-state index contributed by atoms with van der Waals surface area (Å²) in [5, 5.41) is 24.6. The number of aliphatic hydroxyl groups is 1. The Balaban J connectivity index is 1.02. The van der Waals surface area contributed by atoms with Crippen LogP contribution < -0.4 is 10.1 Å². The number of amides is 1. The van der Waals surface area contributed by atoms with Crippen molar-refractivity contribution in [3.8, 4) is 22.9 Å². The number of piperidine rings is 1. The number of likely N-dealkylation sites (tertiary alicyclic amines) is 1. The summed E-state index contributed by atoms with van der Waals surface area (Å²) in [5.41, 5.74) is 4.54. The number of carbonyl (C=O) groups excluding carboxylic acids is 2. The first-order chi connectivity index (χ1) is 20.9. The third-order valence-electron chi connectivity index (χ3n) is 10.8. The first-order valence-electron chi connectivity index (χ1n) is 15.6. The number of hydrogen-bond donors (Lipinski definition) is 2. The number of carbonyl (C=O) groups is 2. The quantitative estimate of drug-likeness (QED) is 0.436. The van der Waals surface area contributed by atoms with Crippen molar-refractivity contribution in [3.05, 3.63) is 88.5 Å². The average molecular weight is 574 g/mol. The van der Waals surface area contributed by atoms with Gasteiger partial charge in [-0.3, -0.25) is 14.5 Å². The summed E-state index contributed by atoms with van der Waals surface area (Å²) in [5.74, 6) is 1.06. The molecule has 5 aliphatic rings. The molecule has 3 aromatic carbocycles. The van der Waals surface area contributed by atoms with Crippen molar-refractivity contribution in [2.45, 2.75) is 68.1 Å². The molecular weight excluding hydrogens is 538 g/mol. The smallest absolute Gasteiger partial charge is 0.255 e. The number of nitriles is 1. The van der Waals surface area contributed by atoms with Gasteiger partial charge in [0.05, 0.1) is 28.2 Å². The normalized spacial score (nSPS) is 28.5. The van der Waals surface area contributed by atoms with Gasteiger partial charge in [-0.25, -0.2) is 0 Å². The molecule has 3 fully saturated rings. The van der Waals surface area contributed by atoms with Gasteiger partial charge in [0.25, 0.3) is 5.91 Å². The lowest BCUT2D eigenvalue weighted by molar-refractivity contribution is -0.188. The molecule has 2 saturated carbocycles. The van der Waals surface area contributed by atoms with Crippen LogP contribution in [0.4, 0.5) is 0 Å². The molecule has 218 valence electrons. The van der Waals surface area contributed by atoms with Crippen LogP contribution in [-0.2, 0) is 23.1 Å². The minimum absolute atomic E-state index is 0.0255. The Labute approximate surface area is 251 Å². The van der Waals surface area contributed by atoms with Crippen LogP contribution in [-0.4, -0.2) is 59.1 Å². The third-order valence-corrected chi connectivity index (χ3v) is 10.8. The fraction of sp³-hybridized carbons (Fsp3) is 0.417. The molecule has 3 aromatic rings. The second-order valence-corrected chi connectivity index (χ2v) is 13.1. The molecule has 2 heterocycles. The van der Waals surface area contributed by atoms with E-state index in [1.165, 1.54) is 12.8 Å². The zero-order valence-corrected chi connectivity index (χ0v) is 24.1. The molecule has 1 amide bonds. The highest BCUT2D eigenvalue weighted by atomic mass is 16.5. The maximum atomic E-state index is 13.5. The van der Waals surface area contributed by atoms with E-state index in [0.717, 1.165) is 53.2 Å². The minimum atomic E-state index is -1.03. The van der Waals surface area contributed by atoms with Gasteiger partial charge in [0.2, 0.25) is 0 Å². The fourth-order valence-electron chi connectivity index (χ4n) is 8.47. The van der Waals surface area contributed by atoms with Crippen LogP contribution in [0, 0.1) is 17.2 Å². The van der Waals surface area contributed by atoms with E-state index in [-0.39, 0.29) is 17.7 Å². The zero-order valence-electron chi connectivity index (χ0n) is 24.1. The monoisotopic (exact) mass is 573 g/mol. The molecule has 43 heavy (non-hydrogen) atoms. The Bertz CT molecular complexity index is 1670. The number of benzene rings is 3. The number of nitrogens with zero attached hydrogens (tertiary/aromatic N) is 2. The number of Topliss-reactive ketones (excluding diaryl/α,β-unsaturated/α-hetero) is 1. The van der Waals surface area contributed by atoms with Crippen LogP contribution in [0.2, 0.25) is 0 Å². The fourth-order valence-corrected chi connectivity index (χ4v) is 8.47. The van der Waals surface area contributed by atoms with Crippen molar-refractivity contribution in [1.82, 2.24) is 10.2 Å². The number of hydrogen-bond acceptors (Lipinski definition) is 6. The highest BCUT2D eigenvalue weighted by Crippen LogP contribution is 2.64. The topological polar surface area (TPSA) is 103 Å². The molecule has 2 bridgehead atoms. The standard InChI is InChI=1S/C36H35N3O4/c37-20-23-5-9-26(10-6-23)25-7-3-22(4-8-25)14-17-38-34(41)28-12-11-27-19-30-36(42)15-13-29(40)33-35(36,31(27)32(28)43-33)16-18-39(30)21-24-1-2-24/h3-12,24,30,33,42H,1-2,13-19,21H2,(H,38,41)/t30-,33?,35+,36-/m1/s1. The Morgan fingerprint density at radius 2 is 1.79 bits per heavy atom. The summed E-state index contributed by atoms with van der Waals surface area (Å²) in [4.78, 5) is 29.3. The SMILES string of the molecule is N#Cc1ccc(-c2ccc(CCNC(=O)c3ccc4c5c3OC3C(=O)CC[C@@]6(O)[C@@H](C4)N(CC4CC4)CC[C@]536)cc2)cc1. The molecule has 4 atom stereocenters. The lowest BCUT2D eigenvalue weighted by Crippen LogP contribution is -2.76. The van der Waals surface area contributed by atoms with E-state index in [2.05, 4.69) is 40.6 Å². The molecule has 0 radical (unpaired) electrons. The second-order valence-electron chi connectivity index (χ2n) is 13.1. The van der Waals surface area contributed by atoms with E-state index in [9.17, 15) is 14.7 Å². The highest BCUT2D eigenvalue weighted by molar-refractivity contribution is 5.99. The van der Waals surface area contributed by atoms with E-state index in [1.807, 2.05) is 36.4 Å². The van der Waals surface area contributed by atoms with Gasteiger partial charge < -0.3 is 15.2 Å². The predicted molar refractivity (Wildman–Crippen MR) is 161 cm³/mol. The average Bonchev–Trinajstić information content (AvgIpc) is 3.77. The number of ether oxygens (including phenoxy) is 1. The predicted octanol–water partition coefficient (Wildman–Crippen LogP) is 4.33. The Hall–Kier alpha value is -3.99. The number of ketones is 1. The van der Waals surface area contributed by atoms with Gasteiger partial charge in [-0.15, -0.1) is 0 Å². The van der Waals surface area contributed by atoms with Gasteiger partial charge >= 0.3 is 0 Å². The van der Waals surface area contributed by atoms with Gasteiger partial charge in [-0.2, -0.15) is 5.26 Å². The molecule has 2 N–H and O–H groups in total. The largest absolute Gasteiger partial charge is 0.480 e. The molecule has 3 aliphatic carbocycles. The first-order valence-corrected chi connectivity index (χ1v) is 15.6. The highest BCUT2D eigenvalue weighted by Gasteiger charge is 2.73. The van der Waals surface area contributed by atoms with Crippen molar-refractivity contribution in [2.75, 3.05) is 19.6 Å². The molecule has 2 aliphatic heterocycles. The van der Waals surface area contributed by atoms with Crippen LogP contribution in [0.3, 0.4) is 0 Å². The molecule has 1 unspecified atom stereocenters. The van der Waals surface area contributed by atoms with Gasteiger partial charge in [-0.1, -0.05) is 42.5 Å². The molecule has 8 rings (SSSR count). The Morgan fingerprint density at radius 3 is 2.51 bits per heavy atom. The molecule has 1 saturated heterocycles. The van der Waals surface area contributed by atoms with E-state index >= 15 is 0 Å². The molecule has 7 nitrogen and oxygen atoms in total.